The zero-order valence-electron chi connectivity index (χ0n) is 15.7. The fourth-order valence-electron chi connectivity index (χ4n) is 3.44. The maximum Gasteiger partial charge on any atom is 0.221 e. The number of ether oxygens (including phenoxy) is 1. The number of fused-ring (bicyclic) bond motifs is 1. The van der Waals surface area contributed by atoms with E-state index in [2.05, 4.69) is 49.1 Å². The number of carbonyl (C=O) groups is 1. The van der Waals surface area contributed by atoms with Gasteiger partial charge in [-0.2, -0.15) is 0 Å². The second-order valence-corrected chi connectivity index (χ2v) is 7.45. The molecule has 0 saturated heterocycles. The standard InChI is InChI=1S/C22H28N2O2/c1-16(2)13-19-7-8-21-20(14-19)24(11-12-26-21)10-9-17-3-5-18(6-4-17)15-22(23)25/h3-8,14,16H,9-13,15H2,1-2H3,(H2,23,25). The van der Waals surface area contributed by atoms with E-state index >= 15 is 0 Å². The molecular weight excluding hydrogens is 324 g/mol. The van der Waals surface area contributed by atoms with Crippen LogP contribution < -0.4 is 15.4 Å². The molecule has 1 aliphatic heterocycles. The number of hydrogen-bond acceptors (Lipinski definition) is 3. The summed E-state index contributed by atoms with van der Waals surface area (Å²) in [6, 6.07) is 14.7. The van der Waals surface area contributed by atoms with E-state index in [4.69, 9.17) is 10.5 Å². The number of anilines is 1. The highest BCUT2D eigenvalue weighted by molar-refractivity contribution is 5.76. The first-order chi connectivity index (χ1) is 12.5. The Hall–Kier alpha value is -2.49. The Balaban J connectivity index is 1.66. The normalized spacial score (nSPS) is 13.4. The molecule has 0 fully saturated rings. The lowest BCUT2D eigenvalue weighted by Crippen LogP contribution is -2.34. The molecule has 1 amide bonds. The van der Waals surface area contributed by atoms with Gasteiger partial charge in [0.05, 0.1) is 18.7 Å². The Bertz CT molecular complexity index is 753. The summed E-state index contributed by atoms with van der Waals surface area (Å²) in [6.45, 7) is 7.09. The second kappa shape index (κ2) is 8.26. The maximum absolute atomic E-state index is 11.0. The van der Waals surface area contributed by atoms with Crippen LogP contribution in [0.15, 0.2) is 42.5 Å². The van der Waals surface area contributed by atoms with Gasteiger partial charge in [0.1, 0.15) is 12.4 Å². The molecule has 0 spiro atoms. The third-order valence-electron chi connectivity index (χ3n) is 4.70. The smallest absolute Gasteiger partial charge is 0.221 e. The summed E-state index contributed by atoms with van der Waals surface area (Å²) in [6.07, 6.45) is 2.35. The van der Waals surface area contributed by atoms with Crippen molar-refractivity contribution in [2.24, 2.45) is 11.7 Å². The van der Waals surface area contributed by atoms with E-state index in [-0.39, 0.29) is 5.91 Å². The molecule has 0 unspecified atom stereocenters. The quantitative estimate of drug-likeness (QED) is 0.831. The lowest BCUT2D eigenvalue weighted by molar-refractivity contribution is -0.117. The zero-order valence-corrected chi connectivity index (χ0v) is 15.7. The minimum atomic E-state index is -0.292. The molecule has 0 bridgehead atoms. The number of amides is 1. The highest BCUT2D eigenvalue weighted by Crippen LogP contribution is 2.33. The van der Waals surface area contributed by atoms with E-state index in [1.165, 1.54) is 16.8 Å². The summed E-state index contributed by atoms with van der Waals surface area (Å²) in [5.41, 5.74) is 10.1. The van der Waals surface area contributed by atoms with Gasteiger partial charge < -0.3 is 15.4 Å². The van der Waals surface area contributed by atoms with Crippen LogP contribution in [0.25, 0.3) is 0 Å². The number of hydrogen-bond donors (Lipinski definition) is 1. The molecule has 4 heteroatoms. The Morgan fingerprint density at radius 3 is 2.50 bits per heavy atom. The van der Waals surface area contributed by atoms with Gasteiger partial charge in [-0.05, 0) is 47.6 Å². The Morgan fingerprint density at radius 1 is 1.12 bits per heavy atom. The highest BCUT2D eigenvalue weighted by Gasteiger charge is 2.18. The molecule has 4 nitrogen and oxygen atoms in total. The lowest BCUT2D eigenvalue weighted by atomic mass is 10.0. The molecule has 0 aromatic heterocycles. The molecule has 0 saturated carbocycles. The van der Waals surface area contributed by atoms with Gasteiger partial charge in [-0.15, -0.1) is 0 Å². The number of primary amides is 1. The fraction of sp³-hybridized carbons (Fsp3) is 0.409. The van der Waals surface area contributed by atoms with Crippen LogP contribution in [-0.4, -0.2) is 25.6 Å². The lowest BCUT2D eigenvalue weighted by Gasteiger charge is -2.32. The maximum atomic E-state index is 11.0. The summed E-state index contributed by atoms with van der Waals surface area (Å²) in [7, 11) is 0. The van der Waals surface area contributed by atoms with Crippen molar-refractivity contribution < 1.29 is 9.53 Å². The summed E-state index contributed by atoms with van der Waals surface area (Å²) in [4.78, 5) is 13.4. The summed E-state index contributed by atoms with van der Waals surface area (Å²) in [5.74, 6) is 1.34. The minimum Gasteiger partial charge on any atom is -0.490 e. The van der Waals surface area contributed by atoms with Crippen LogP contribution in [0.1, 0.15) is 30.5 Å². The van der Waals surface area contributed by atoms with Crippen molar-refractivity contribution >= 4 is 11.6 Å². The summed E-state index contributed by atoms with van der Waals surface area (Å²) < 4.78 is 5.83. The van der Waals surface area contributed by atoms with E-state index in [9.17, 15) is 4.79 Å². The number of benzene rings is 2. The molecule has 138 valence electrons. The fourth-order valence-corrected chi connectivity index (χ4v) is 3.44. The third-order valence-corrected chi connectivity index (χ3v) is 4.70. The Kier molecular flexibility index (Phi) is 5.82. The average Bonchev–Trinajstić information content (AvgIpc) is 2.60. The number of rotatable bonds is 7. The molecule has 1 aliphatic rings. The van der Waals surface area contributed by atoms with Crippen LogP contribution >= 0.6 is 0 Å². The van der Waals surface area contributed by atoms with Crippen molar-refractivity contribution in [2.75, 3.05) is 24.6 Å². The summed E-state index contributed by atoms with van der Waals surface area (Å²) >= 11 is 0. The van der Waals surface area contributed by atoms with E-state index < -0.39 is 0 Å². The molecule has 0 radical (unpaired) electrons. The van der Waals surface area contributed by atoms with E-state index in [0.29, 0.717) is 12.3 Å². The van der Waals surface area contributed by atoms with Crippen LogP contribution in [0.3, 0.4) is 0 Å². The molecule has 0 atom stereocenters. The van der Waals surface area contributed by atoms with Gasteiger partial charge in [0.2, 0.25) is 5.91 Å². The molecule has 0 aliphatic carbocycles. The average molecular weight is 352 g/mol. The van der Waals surface area contributed by atoms with Crippen molar-refractivity contribution in [3.8, 4) is 5.75 Å². The molecule has 1 heterocycles. The first kappa shape index (κ1) is 18.3. The van der Waals surface area contributed by atoms with Crippen LogP contribution in [-0.2, 0) is 24.1 Å². The Labute approximate surface area is 156 Å². The zero-order chi connectivity index (χ0) is 18.5. The van der Waals surface area contributed by atoms with E-state index in [1.54, 1.807) is 0 Å². The molecule has 26 heavy (non-hydrogen) atoms. The van der Waals surface area contributed by atoms with Crippen molar-refractivity contribution in [1.29, 1.82) is 0 Å². The van der Waals surface area contributed by atoms with Crippen molar-refractivity contribution in [1.82, 2.24) is 0 Å². The van der Waals surface area contributed by atoms with Crippen molar-refractivity contribution in [2.45, 2.75) is 33.1 Å². The first-order valence-electron chi connectivity index (χ1n) is 9.38. The van der Waals surface area contributed by atoms with Crippen LogP contribution in [0.2, 0.25) is 0 Å². The third kappa shape index (κ3) is 4.78. The van der Waals surface area contributed by atoms with Crippen LogP contribution in [0, 0.1) is 5.92 Å². The topological polar surface area (TPSA) is 55.6 Å². The molecule has 2 N–H and O–H groups in total. The molecule has 3 rings (SSSR count). The molecular formula is C22H28N2O2. The van der Waals surface area contributed by atoms with Gasteiger partial charge in [0, 0.05) is 6.54 Å². The van der Waals surface area contributed by atoms with Crippen molar-refractivity contribution in [3.05, 3.63) is 59.2 Å². The van der Waals surface area contributed by atoms with E-state index in [1.807, 2.05) is 12.1 Å². The molecule has 2 aromatic carbocycles. The van der Waals surface area contributed by atoms with Crippen LogP contribution in [0.4, 0.5) is 5.69 Å². The van der Waals surface area contributed by atoms with Crippen LogP contribution in [0.5, 0.6) is 5.75 Å². The SMILES string of the molecule is CC(C)Cc1ccc2c(c1)N(CCc1ccc(CC(N)=O)cc1)CCO2. The predicted molar refractivity (Wildman–Crippen MR) is 106 cm³/mol. The van der Waals surface area contributed by atoms with Gasteiger partial charge in [-0.1, -0.05) is 44.2 Å². The molecule has 2 aromatic rings. The van der Waals surface area contributed by atoms with Gasteiger partial charge in [0.15, 0.2) is 0 Å². The second-order valence-electron chi connectivity index (χ2n) is 7.45. The van der Waals surface area contributed by atoms with Gasteiger partial charge in [-0.3, -0.25) is 4.79 Å². The van der Waals surface area contributed by atoms with E-state index in [0.717, 1.165) is 43.9 Å². The Morgan fingerprint density at radius 2 is 1.81 bits per heavy atom. The van der Waals surface area contributed by atoms with Gasteiger partial charge in [0.25, 0.3) is 0 Å². The monoisotopic (exact) mass is 352 g/mol. The number of nitrogens with two attached hydrogens (primary N) is 1. The first-order valence-corrected chi connectivity index (χ1v) is 9.38. The largest absolute Gasteiger partial charge is 0.490 e. The highest BCUT2D eigenvalue weighted by atomic mass is 16.5. The van der Waals surface area contributed by atoms with Gasteiger partial charge in [-0.25, -0.2) is 0 Å². The minimum absolute atomic E-state index is 0.292. The van der Waals surface area contributed by atoms with Gasteiger partial charge >= 0.3 is 0 Å². The number of nitrogens with zero attached hydrogens (tertiary/aromatic N) is 1. The predicted octanol–water partition coefficient (Wildman–Crippen LogP) is 3.35. The summed E-state index contributed by atoms with van der Waals surface area (Å²) in [5, 5.41) is 0. The number of carbonyl (C=O) groups excluding carboxylic acids is 1. The van der Waals surface area contributed by atoms with Crippen molar-refractivity contribution in [3.63, 3.8) is 0 Å².